The fraction of sp³-hybridized carbons (Fsp3) is 0.414. The number of carbonyl (C=O) groups is 5. The largest absolute Gasteiger partial charge is 0.478 e. The van der Waals surface area contributed by atoms with Crippen LogP contribution in [-0.2, 0) is 25.7 Å². The van der Waals surface area contributed by atoms with E-state index in [1.807, 2.05) is 30.3 Å². The van der Waals surface area contributed by atoms with E-state index in [9.17, 15) is 24.0 Å². The van der Waals surface area contributed by atoms with Crippen molar-refractivity contribution in [3.63, 3.8) is 0 Å². The summed E-state index contributed by atoms with van der Waals surface area (Å²) < 4.78 is 5.11. The molecule has 2 aromatic carbocycles. The van der Waals surface area contributed by atoms with Gasteiger partial charge < -0.3 is 31.1 Å². The number of rotatable bonds is 18. The number of hydrogen-bond donors (Lipinski definition) is 8. The normalized spacial score (nSPS) is 12.1. The average molecular weight is 600 g/mol. The summed E-state index contributed by atoms with van der Waals surface area (Å²) in [7, 11) is 0. The fourth-order valence-electron chi connectivity index (χ4n) is 3.90. The molecule has 4 amide bonds. The highest BCUT2D eigenvalue weighted by atomic mass is 16.5. The molecule has 2 rings (SSSR count). The van der Waals surface area contributed by atoms with E-state index < -0.39 is 36.0 Å². The third-order valence-electron chi connectivity index (χ3n) is 6.21. The molecule has 0 aliphatic heterocycles. The lowest BCUT2D eigenvalue weighted by molar-refractivity contribution is -0.129. The Hall–Kier alpha value is -4.53. The standard InChI is InChI=1S/C29H41N7O7/c1-19(2)25(33-17-24(37)31-15-16-32-29(42)43-18-20-7-4-3-5-8-20)27(39)36-23(9-6-14-34-30)26(38)35-22-12-10-21(11-13-22)28(40)41/h3-5,7-8,10-13,19,23,25,33-34H,6,9,14-18,30H2,1-2H3,(H,31,37)(H,32,42)(H,35,38)(H,36,39)(H,40,41)/t23-,25-/m0/s1. The lowest BCUT2D eigenvalue weighted by atomic mass is 10.0. The van der Waals surface area contributed by atoms with Gasteiger partial charge >= 0.3 is 12.1 Å². The quantitative estimate of drug-likeness (QED) is 0.0682. The summed E-state index contributed by atoms with van der Waals surface area (Å²) in [6.45, 7) is 4.30. The Kier molecular flexibility index (Phi) is 15.2. The number of carbonyl (C=O) groups excluding carboxylic acids is 4. The fourth-order valence-corrected chi connectivity index (χ4v) is 3.90. The molecule has 0 saturated carbocycles. The van der Waals surface area contributed by atoms with E-state index >= 15 is 0 Å². The Morgan fingerprint density at radius 3 is 2.19 bits per heavy atom. The van der Waals surface area contributed by atoms with Crippen LogP contribution in [-0.4, -0.2) is 73.2 Å². The number of amides is 4. The number of benzene rings is 2. The van der Waals surface area contributed by atoms with Crippen LogP contribution >= 0.6 is 0 Å². The predicted molar refractivity (Wildman–Crippen MR) is 160 cm³/mol. The zero-order valence-corrected chi connectivity index (χ0v) is 24.4. The molecule has 9 N–H and O–H groups in total. The van der Waals surface area contributed by atoms with Crippen LogP contribution < -0.4 is 37.9 Å². The highest BCUT2D eigenvalue weighted by molar-refractivity contribution is 5.98. The van der Waals surface area contributed by atoms with Crippen LogP contribution in [0.5, 0.6) is 0 Å². The first kappa shape index (κ1) is 34.7. The Balaban J connectivity index is 1.82. The number of aromatic carboxylic acids is 1. The third-order valence-corrected chi connectivity index (χ3v) is 6.21. The number of nitrogens with one attached hydrogen (secondary N) is 6. The Bertz CT molecular complexity index is 1190. The number of hydrogen-bond acceptors (Lipinski definition) is 9. The van der Waals surface area contributed by atoms with E-state index in [2.05, 4.69) is 32.0 Å². The minimum atomic E-state index is -1.09. The molecule has 2 atom stereocenters. The molecule has 0 bridgehead atoms. The summed E-state index contributed by atoms with van der Waals surface area (Å²) in [6.07, 6.45) is 0.162. The SMILES string of the molecule is CC(C)[C@H](NCC(=O)NCCNC(=O)OCc1ccccc1)C(=O)N[C@@H](CCCNN)C(=O)Nc1ccc(C(=O)O)cc1. The van der Waals surface area contributed by atoms with Crippen LogP contribution in [0, 0.1) is 5.92 Å². The van der Waals surface area contributed by atoms with E-state index in [0.717, 1.165) is 5.56 Å². The van der Waals surface area contributed by atoms with Crippen molar-refractivity contribution in [2.75, 3.05) is 31.5 Å². The van der Waals surface area contributed by atoms with Gasteiger partial charge in [-0.25, -0.2) is 9.59 Å². The molecule has 0 aliphatic rings. The van der Waals surface area contributed by atoms with E-state index in [4.69, 9.17) is 15.7 Å². The number of nitrogens with two attached hydrogens (primary N) is 1. The molecule has 2 aromatic rings. The molecular formula is C29H41N7O7. The van der Waals surface area contributed by atoms with Crippen LogP contribution in [0.25, 0.3) is 0 Å². The molecule has 234 valence electrons. The zero-order valence-electron chi connectivity index (χ0n) is 24.4. The van der Waals surface area contributed by atoms with Gasteiger partial charge in [0.05, 0.1) is 18.2 Å². The maximum Gasteiger partial charge on any atom is 0.407 e. The van der Waals surface area contributed by atoms with Gasteiger partial charge in [-0.3, -0.25) is 31.0 Å². The van der Waals surface area contributed by atoms with Gasteiger partial charge in [-0.15, -0.1) is 0 Å². The first-order chi connectivity index (χ1) is 20.6. The molecule has 0 unspecified atom stereocenters. The molecule has 43 heavy (non-hydrogen) atoms. The van der Waals surface area contributed by atoms with Crippen LogP contribution in [0.3, 0.4) is 0 Å². The second-order valence-electron chi connectivity index (χ2n) is 9.97. The third kappa shape index (κ3) is 13.3. The van der Waals surface area contributed by atoms with Crippen molar-refractivity contribution < 1.29 is 33.8 Å². The maximum absolute atomic E-state index is 13.2. The van der Waals surface area contributed by atoms with Crippen molar-refractivity contribution in [2.45, 2.75) is 45.4 Å². The lowest BCUT2D eigenvalue weighted by Gasteiger charge is -2.25. The van der Waals surface area contributed by atoms with E-state index in [-0.39, 0.29) is 50.1 Å². The maximum atomic E-state index is 13.2. The van der Waals surface area contributed by atoms with Crippen molar-refractivity contribution in [1.29, 1.82) is 0 Å². The summed E-state index contributed by atoms with van der Waals surface area (Å²) in [5.41, 5.74) is 3.81. The highest BCUT2D eigenvalue weighted by Gasteiger charge is 2.27. The monoisotopic (exact) mass is 599 g/mol. The molecule has 0 fully saturated rings. The summed E-state index contributed by atoms with van der Waals surface area (Å²) in [4.78, 5) is 61.4. The van der Waals surface area contributed by atoms with Crippen LogP contribution in [0.4, 0.5) is 10.5 Å². The minimum absolute atomic E-state index is 0.0735. The zero-order chi connectivity index (χ0) is 31.6. The molecule has 14 heteroatoms. The van der Waals surface area contributed by atoms with Crippen LogP contribution in [0.1, 0.15) is 42.6 Å². The highest BCUT2D eigenvalue weighted by Crippen LogP contribution is 2.12. The van der Waals surface area contributed by atoms with Gasteiger partial charge in [-0.2, -0.15) is 0 Å². The Labute approximate surface area is 250 Å². The Morgan fingerprint density at radius 2 is 1.56 bits per heavy atom. The summed E-state index contributed by atoms with van der Waals surface area (Å²) >= 11 is 0. The van der Waals surface area contributed by atoms with E-state index in [1.165, 1.54) is 24.3 Å². The number of ether oxygens (including phenoxy) is 1. The molecule has 0 radical (unpaired) electrons. The topological polar surface area (TPSA) is 213 Å². The molecule has 0 heterocycles. The minimum Gasteiger partial charge on any atom is -0.478 e. The smallest absolute Gasteiger partial charge is 0.407 e. The molecular weight excluding hydrogens is 558 g/mol. The number of anilines is 1. The van der Waals surface area contributed by atoms with Crippen molar-refractivity contribution in [1.82, 2.24) is 26.7 Å². The van der Waals surface area contributed by atoms with Crippen LogP contribution in [0.15, 0.2) is 54.6 Å². The molecule has 14 nitrogen and oxygen atoms in total. The van der Waals surface area contributed by atoms with Crippen molar-refractivity contribution in [3.8, 4) is 0 Å². The van der Waals surface area contributed by atoms with Gasteiger partial charge in [0, 0.05) is 25.3 Å². The number of carboxylic acid groups (broad SMARTS) is 1. The molecule has 0 aliphatic carbocycles. The molecule has 0 spiro atoms. The van der Waals surface area contributed by atoms with Gasteiger partial charge in [-0.05, 0) is 48.6 Å². The van der Waals surface area contributed by atoms with E-state index in [0.29, 0.717) is 18.7 Å². The summed E-state index contributed by atoms with van der Waals surface area (Å²) in [5, 5.41) is 22.6. The number of alkyl carbamates (subject to hydrolysis) is 1. The van der Waals surface area contributed by atoms with Crippen molar-refractivity contribution in [3.05, 3.63) is 65.7 Å². The van der Waals surface area contributed by atoms with E-state index in [1.54, 1.807) is 13.8 Å². The summed E-state index contributed by atoms with van der Waals surface area (Å²) in [5.74, 6) is 2.71. The lowest BCUT2D eigenvalue weighted by Crippen LogP contribution is -2.55. The van der Waals surface area contributed by atoms with Crippen molar-refractivity contribution in [2.24, 2.45) is 11.8 Å². The Morgan fingerprint density at radius 1 is 0.884 bits per heavy atom. The van der Waals surface area contributed by atoms with Crippen molar-refractivity contribution >= 4 is 35.5 Å². The predicted octanol–water partition coefficient (Wildman–Crippen LogP) is 0.708. The first-order valence-electron chi connectivity index (χ1n) is 13.9. The van der Waals surface area contributed by atoms with Gasteiger partial charge in [0.15, 0.2) is 0 Å². The van der Waals surface area contributed by atoms with Gasteiger partial charge in [0.25, 0.3) is 0 Å². The molecule has 0 saturated heterocycles. The van der Waals surface area contributed by atoms with Gasteiger partial charge in [0.1, 0.15) is 12.6 Å². The average Bonchev–Trinajstić information content (AvgIpc) is 2.98. The second-order valence-corrected chi connectivity index (χ2v) is 9.97. The van der Waals surface area contributed by atoms with Gasteiger partial charge in [-0.1, -0.05) is 44.2 Å². The number of hydrazine groups is 1. The summed E-state index contributed by atoms with van der Waals surface area (Å²) in [6, 6.07) is 13.2. The first-order valence-corrected chi connectivity index (χ1v) is 13.9. The second kappa shape index (κ2) is 18.8. The number of carboxylic acids is 1. The van der Waals surface area contributed by atoms with Crippen LogP contribution in [0.2, 0.25) is 0 Å². The molecule has 0 aromatic heterocycles. The van der Waals surface area contributed by atoms with Gasteiger partial charge in [0.2, 0.25) is 17.7 Å².